The van der Waals surface area contributed by atoms with Crippen LogP contribution in [-0.2, 0) is 23.7 Å². The molecule has 2 aliphatic heterocycles. The predicted octanol–water partition coefficient (Wildman–Crippen LogP) is 5.65. The molecule has 0 aromatic heterocycles. The van der Waals surface area contributed by atoms with Crippen LogP contribution in [0.5, 0.6) is 0 Å². The van der Waals surface area contributed by atoms with Gasteiger partial charge < -0.3 is 65.1 Å². The summed E-state index contributed by atoms with van der Waals surface area (Å²) in [6.45, 7) is 2.41. The first-order chi connectivity index (χ1) is 31.1. The highest BCUT2D eigenvalue weighted by Crippen LogP contribution is 2.30. The van der Waals surface area contributed by atoms with E-state index in [2.05, 4.69) is 73.0 Å². The van der Waals surface area contributed by atoms with Crippen LogP contribution in [0.2, 0.25) is 0 Å². The van der Waals surface area contributed by atoms with Crippen molar-refractivity contribution in [3.05, 3.63) is 72.9 Å². The Bertz CT molecular complexity index is 1350. The van der Waals surface area contributed by atoms with Crippen molar-refractivity contribution >= 4 is 5.91 Å². The highest BCUT2D eigenvalue weighted by molar-refractivity contribution is 5.76. The Morgan fingerprint density at radius 3 is 1.62 bits per heavy atom. The minimum Gasteiger partial charge on any atom is -0.394 e. The number of ether oxygens (including phenoxy) is 4. The van der Waals surface area contributed by atoms with Crippen LogP contribution in [0.4, 0.5) is 0 Å². The number of carbonyl (C=O) groups excluding carboxylic acids is 1. The zero-order chi connectivity index (χ0) is 46.8. The Morgan fingerprint density at radius 1 is 0.578 bits per heavy atom. The van der Waals surface area contributed by atoms with Crippen molar-refractivity contribution < 1.29 is 64.6 Å². The smallest absolute Gasteiger partial charge is 0.220 e. The second-order valence-electron chi connectivity index (χ2n) is 16.9. The van der Waals surface area contributed by atoms with Crippen molar-refractivity contribution in [3.63, 3.8) is 0 Å². The quantitative estimate of drug-likeness (QED) is 0.0277. The molecule has 12 unspecified atom stereocenters. The van der Waals surface area contributed by atoms with E-state index in [0.717, 1.165) is 70.6 Å². The lowest BCUT2D eigenvalue weighted by Crippen LogP contribution is -2.65. The average molecular weight is 908 g/mol. The maximum atomic E-state index is 13.0. The maximum Gasteiger partial charge on any atom is 0.220 e. The summed E-state index contributed by atoms with van der Waals surface area (Å²) in [5.41, 5.74) is 0. The van der Waals surface area contributed by atoms with Crippen LogP contribution in [0, 0.1) is 0 Å². The Kier molecular flexibility index (Phi) is 32.9. The number of hydrogen-bond acceptors (Lipinski definition) is 13. The molecule has 0 spiro atoms. The van der Waals surface area contributed by atoms with Gasteiger partial charge >= 0.3 is 0 Å². The fraction of sp³-hybridized carbons (Fsp3) is 0.740. The molecule has 2 fully saturated rings. The Balaban J connectivity index is 1.62. The van der Waals surface area contributed by atoms with E-state index in [1.54, 1.807) is 12.2 Å². The Labute approximate surface area is 383 Å². The van der Waals surface area contributed by atoms with E-state index >= 15 is 0 Å². The van der Waals surface area contributed by atoms with E-state index in [-0.39, 0.29) is 18.9 Å². The third kappa shape index (κ3) is 23.7. The summed E-state index contributed by atoms with van der Waals surface area (Å²) >= 11 is 0. The number of hydrogen-bond donors (Lipinski definition) is 9. The fourth-order valence-electron chi connectivity index (χ4n) is 7.44. The first kappa shape index (κ1) is 57.6. The van der Waals surface area contributed by atoms with Gasteiger partial charge in [-0.1, -0.05) is 151 Å². The van der Waals surface area contributed by atoms with Crippen molar-refractivity contribution in [2.24, 2.45) is 0 Å². The molecule has 0 aromatic carbocycles. The predicted molar refractivity (Wildman–Crippen MR) is 249 cm³/mol. The van der Waals surface area contributed by atoms with Gasteiger partial charge in [-0.15, -0.1) is 0 Å². The number of rotatable bonds is 35. The van der Waals surface area contributed by atoms with Crippen LogP contribution < -0.4 is 5.32 Å². The minimum atomic E-state index is -1.79. The molecule has 14 heteroatoms. The van der Waals surface area contributed by atoms with Gasteiger partial charge in [-0.2, -0.15) is 0 Å². The molecule has 2 heterocycles. The topological polar surface area (TPSA) is 228 Å². The minimum absolute atomic E-state index is 0.260. The monoisotopic (exact) mass is 908 g/mol. The molecule has 1 amide bonds. The van der Waals surface area contributed by atoms with Crippen LogP contribution in [0.3, 0.4) is 0 Å². The number of amides is 1. The van der Waals surface area contributed by atoms with Crippen LogP contribution in [0.1, 0.15) is 142 Å². The summed E-state index contributed by atoms with van der Waals surface area (Å²) in [4.78, 5) is 13.0. The normalized spacial score (nSPS) is 27.9. The number of unbranched alkanes of at least 4 members (excludes halogenated alkanes) is 12. The standard InChI is InChI=1S/C50H85NO13/c1-3-5-7-8-9-10-11-12-13-14-15-16-17-18-19-20-21-22-23-24-25-26-27-28-29-30-32-34-42(55)51-38(39(54)33-31-6-4-2)37-61-49-47(60)45(58)48(41(36-53)63-49)64-50-46(59)44(57)43(56)40(35-52)62-50/h5,7,9-10,12-13,15-16,18-19,31,33,38-41,43-50,52-54,56-60H,3-4,6,8,11,14,17,20-30,32,34-37H2,1-2H3,(H,51,55)/b7-5-,10-9-,13-12-,16-15-,19-18-,33-31+. The Hall–Kier alpha value is -2.57. The summed E-state index contributed by atoms with van der Waals surface area (Å²) in [7, 11) is 0. The van der Waals surface area contributed by atoms with Gasteiger partial charge in [-0.3, -0.25) is 4.79 Å². The van der Waals surface area contributed by atoms with Gasteiger partial charge in [0.25, 0.3) is 0 Å². The van der Waals surface area contributed by atoms with Crippen molar-refractivity contribution in [1.29, 1.82) is 0 Å². The Morgan fingerprint density at radius 2 is 1.08 bits per heavy atom. The number of nitrogens with one attached hydrogen (secondary N) is 1. The van der Waals surface area contributed by atoms with Crippen molar-refractivity contribution in [2.75, 3.05) is 19.8 Å². The van der Waals surface area contributed by atoms with Gasteiger partial charge in [0.1, 0.15) is 48.8 Å². The van der Waals surface area contributed by atoms with Gasteiger partial charge in [0.2, 0.25) is 5.91 Å². The SMILES string of the molecule is CC/C=C\C/C=C\C/C=C\C/C=C\C/C=C\CCCCCCCCCCCCCC(=O)NC(COC1OC(CO)C(OC2OC(CO)C(O)C(O)C2O)C(O)C1O)C(O)/C=C/CCC. The van der Waals surface area contributed by atoms with Gasteiger partial charge in [0, 0.05) is 6.42 Å². The van der Waals surface area contributed by atoms with E-state index in [1.165, 1.54) is 44.9 Å². The first-order valence-electron chi connectivity index (χ1n) is 24.2. The van der Waals surface area contributed by atoms with Crippen molar-refractivity contribution in [3.8, 4) is 0 Å². The number of aliphatic hydroxyl groups is 8. The lowest BCUT2D eigenvalue weighted by molar-refractivity contribution is -0.359. The van der Waals surface area contributed by atoms with Crippen molar-refractivity contribution in [1.82, 2.24) is 5.32 Å². The molecule has 2 saturated heterocycles. The number of aliphatic hydroxyl groups excluding tert-OH is 8. The van der Waals surface area contributed by atoms with Crippen LogP contribution in [-0.4, -0.2) is 140 Å². The average Bonchev–Trinajstić information content (AvgIpc) is 3.29. The molecule has 12 atom stereocenters. The third-order valence-electron chi connectivity index (χ3n) is 11.4. The first-order valence-corrected chi connectivity index (χ1v) is 24.2. The summed E-state index contributed by atoms with van der Waals surface area (Å²) < 4.78 is 22.4. The molecule has 14 nitrogen and oxygen atoms in total. The number of carbonyl (C=O) groups is 1. The molecule has 0 radical (unpaired) electrons. The van der Waals surface area contributed by atoms with Crippen molar-refractivity contribution in [2.45, 2.75) is 216 Å². The molecule has 9 N–H and O–H groups in total. The molecule has 2 rings (SSSR count). The summed E-state index contributed by atoms with van der Waals surface area (Å²) in [6, 6.07) is -0.915. The summed E-state index contributed by atoms with van der Waals surface area (Å²) in [5.74, 6) is -0.260. The largest absolute Gasteiger partial charge is 0.394 e. The van der Waals surface area contributed by atoms with E-state index in [0.29, 0.717) is 6.42 Å². The van der Waals surface area contributed by atoms with Gasteiger partial charge in [0.15, 0.2) is 12.6 Å². The van der Waals surface area contributed by atoms with E-state index in [9.17, 15) is 45.6 Å². The molecular weight excluding hydrogens is 823 g/mol. The van der Waals surface area contributed by atoms with E-state index in [1.807, 2.05) is 6.92 Å². The van der Waals surface area contributed by atoms with Gasteiger partial charge in [0.05, 0.1) is 32.0 Å². The highest BCUT2D eigenvalue weighted by atomic mass is 16.7. The molecule has 0 saturated carbocycles. The second kappa shape index (κ2) is 36.5. The zero-order valence-corrected chi connectivity index (χ0v) is 38.7. The number of allylic oxidation sites excluding steroid dienone is 11. The van der Waals surface area contributed by atoms with Gasteiger partial charge in [-0.05, 0) is 57.8 Å². The molecule has 64 heavy (non-hydrogen) atoms. The lowest BCUT2D eigenvalue weighted by atomic mass is 9.97. The molecule has 368 valence electrons. The van der Waals surface area contributed by atoms with Crippen LogP contribution >= 0.6 is 0 Å². The van der Waals surface area contributed by atoms with E-state index < -0.39 is 86.8 Å². The summed E-state index contributed by atoms with van der Waals surface area (Å²) in [6.07, 6.45) is 29.2. The highest BCUT2D eigenvalue weighted by Gasteiger charge is 2.51. The second-order valence-corrected chi connectivity index (χ2v) is 16.9. The van der Waals surface area contributed by atoms with Crippen LogP contribution in [0.15, 0.2) is 72.9 Å². The molecule has 2 aliphatic rings. The maximum absolute atomic E-state index is 13.0. The van der Waals surface area contributed by atoms with E-state index in [4.69, 9.17) is 18.9 Å². The molecule has 0 aliphatic carbocycles. The molecule has 0 aromatic rings. The molecular formula is C50H85NO13. The fourth-order valence-corrected chi connectivity index (χ4v) is 7.44. The zero-order valence-electron chi connectivity index (χ0n) is 38.7. The third-order valence-corrected chi connectivity index (χ3v) is 11.4. The molecule has 0 bridgehead atoms. The van der Waals surface area contributed by atoms with Gasteiger partial charge in [-0.25, -0.2) is 0 Å². The summed E-state index contributed by atoms with van der Waals surface area (Å²) in [5, 5.41) is 85.8. The van der Waals surface area contributed by atoms with Crippen LogP contribution in [0.25, 0.3) is 0 Å². The lowest BCUT2D eigenvalue weighted by Gasteiger charge is -2.46.